The van der Waals surface area contributed by atoms with Gasteiger partial charge in [0.2, 0.25) is 0 Å². The van der Waals surface area contributed by atoms with Gasteiger partial charge in [-0.25, -0.2) is 4.79 Å². The lowest BCUT2D eigenvalue weighted by Gasteiger charge is -2.21. The van der Waals surface area contributed by atoms with Crippen molar-refractivity contribution in [1.82, 2.24) is 0 Å². The van der Waals surface area contributed by atoms with Gasteiger partial charge in [-0.05, 0) is 32.4 Å². The van der Waals surface area contributed by atoms with E-state index in [1.165, 1.54) is 12.1 Å². The number of anilines is 1. The van der Waals surface area contributed by atoms with E-state index in [9.17, 15) is 14.7 Å². The van der Waals surface area contributed by atoms with E-state index >= 15 is 0 Å². The van der Waals surface area contributed by atoms with Crippen LogP contribution in [-0.4, -0.2) is 27.9 Å². The number of carboxylic acid groups (broad SMARTS) is 1. The van der Waals surface area contributed by atoms with Gasteiger partial charge >= 0.3 is 12.1 Å². The molecule has 0 bridgehead atoms. The summed E-state index contributed by atoms with van der Waals surface area (Å²) in [7, 11) is 0. The van der Waals surface area contributed by atoms with E-state index in [4.69, 9.17) is 15.6 Å². The Bertz CT molecular complexity index is 537. The minimum absolute atomic E-state index is 0.0560. The molecule has 116 valence electrons. The lowest BCUT2D eigenvalue weighted by atomic mass is 10.0. The second-order valence-corrected chi connectivity index (χ2v) is 5.57. The van der Waals surface area contributed by atoms with Gasteiger partial charge in [0.25, 0.3) is 0 Å². The molecular formula is C14H20N2O5. The number of rotatable bonds is 4. The number of nitrogens with two attached hydrogens (primary N) is 1. The predicted octanol–water partition coefficient (Wildman–Crippen LogP) is 2.21. The summed E-state index contributed by atoms with van der Waals surface area (Å²) in [6, 6.07) is 3.57. The summed E-state index contributed by atoms with van der Waals surface area (Å²) < 4.78 is 5.09. The van der Waals surface area contributed by atoms with Crippen LogP contribution in [0.25, 0.3) is 0 Å². The number of carbonyl (C=O) groups is 2. The van der Waals surface area contributed by atoms with Gasteiger partial charge in [0, 0.05) is 6.04 Å². The topological polar surface area (TPSA) is 122 Å². The Morgan fingerprint density at radius 2 is 2.00 bits per heavy atom. The van der Waals surface area contributed by atoms with E-state index in [-0.39, 0.29) is 17.9 Å². The van der Waals surface area contributed by atoms with Gasteiger partial charge in [-0.1, -0.05) is 12.1 Å². The Hall–Kier alpha value is -2.28. The molecule has 21 heavy (non-hydrogen) atoms. The number of carbonyl (C=O) groups excluding carboxylic acids is 1. The van der Waals surface area contributed by atoms with Crippen molar-refractivity contribution in [3.05, 3.63) is 23.8 Å². The zero-order valence-corrected chi connectivity index (χ0v) is 12.2. The molecule has 0 saturated carbocycles. The van der Waals surface area contributed by atoms with Crippen LogP contribution in [0.5, 0.6) is 5.75 Å². The minimum Gasteiger partial charge on any atom is -0.506 e. The van der Waals surface area contributed by atoms with Crippen molar-refractivity contribution in [2.45, 2.75) is 38.8 Å². The first-order valence-corrected chi connectivity index (χ1v) is 6.39. The van der Waals surface area contributed by atoms with Crippen molar-refractivity contribution >= 4 is 17.7 Å². The number of aliphatic carboxylic acids is 1. The molecule has 1 aromatic carbocycles. The van der Waals surface area contributed by atoms with Crippen molar-refractivity contribution in [3.63, 3.8) is 0 Å². The van der Waals surface area contributed by atoms with Gasteiger partial charge < -0.3 is 20.7 Å². The van der Waals surface area contributed by atoms with Crippen molar-refractivity contribution in [3.8, 4) is 5.75 Å². The molecule has 0 aliphatic heterocycles. The molecule has 0 fully saturated rings. The Balaban J connectivity index is 3.00. The third-order valence-electron chi connectivity index (χ3n) is 2.49. The second kappa shape index (κ2) is 6.45. The molecule has 5 N–H and O–H groups in total. The summed E-state index contributed by atoms with van der Waals surface area (Å²) in [5, 5.41) is 21.0. The van der Waals surface area contributed by atoms with Crippen LogP contribution in [0.3, 0.4) is 0 Å². The molecule has 1 rings (SSSR count). The summed E-state index contributed by atoms with van der Waals surface area (Å²) in [5.74, 6) is -1.28. The normalized spacial score (nSPS) is 12.6. The smallest absolute Gasteiger partial charge is 0.412 e. The first-order valence-electron chi connectivity index (χ1n) is 6.39. The van der Waals surface area contributed by atoms with Crippen molar-refractivity contribution in [1.29, 1.82) is 0 Å². The SMILES string of the molecule is CC(C)(C)OC(=O)Nc1c(O)cccc1C(N)CC(=O)O. The average Bonchev–Trinajstić information content (AvgIpc) is 2.28. The summed E-state index contributed by atoms with van der Waals surface area (Å²) in [5.41, 5.74) is 5.47. The van der Waals surface area contributed by atoms with Gasteiger partial charge in [0.1, 0.15) is 11.4 Å². The van der Waals surface area contributed by atoms with Gasteiger partial charge in [-0.3, -0.25) is 10.1 Å². The van der Waals surface area contributed by atoms with Crippen LogP contribution >= 0.6 is 0 Å². The summed E-state index contributed by atoms with van der Waals surface area (Å²) >= 11 is 0. The maximum atomic E-state index is 11.8. The van der Waals surface area contributed by atoms with E-state index in [0.717, 1.165) is 0 Å². The number of aromatic hydroxyl groups is 1. The third kappa shape index (κ3) is 5.31. The number of phenols is 1. The average molecular weight is 296 g/mol. The Morgan fingerprint density at radius 3 is 2.52 bits per heavy atom. The molecule has 0 spiro atoms. The van der Waals surface area contributed by atoms with Crippen molar-refractivity contribution in [2.75, 3.05) is 5.32 Å². The van der Waals surface area contributed by atoms with Crippen LogP contribution in [0.15, 0.2) is 18.2 Å². The molecule has 0 aromatic heterocycles. The highest BCUT2D eigenvalue weighted by Gasteiger charge is 2.21. The zero-order chi connectivity index (χ0) is 16.2. The maximum Gasteiger partial charge on any atom is 0.412 e. The first kappa shape index (κ1) is 16.8. The highest BCUT2D eigenvalue weighted by molar-refractivity contribution is 5.88. The monoisotopic (exact) mass is 296 g/mol. The molecule has 0 heterocycles. The number of nitrogens with one attached hydrogen (secondary N) is 1. The van der Waals surface area contributed by atoms with Gasteiger partial charge in [0.15, 0.2) is 0 Å². The number of hydrogen-bond acceptors (Lipinski definition) is 5. The number of para-hydroxylation sites is 1. The summed E-state index contributed by atoms with van der Waals surface area (Å²) in [4.78, 5) is 22.5. The van der Waals surface area contributed by atoms with Crippen molar-refractivity contribution in [2.24, 2.45) is 5.73 Å². The van der Waals surface area contributed by atoms with Gasteiger partial charge in [-0.2, -0.15) is 0 Å². The van der Waals surface area contributed by atoms with Crippen LogP contribution in [0.4, 0.5) is 10.5 Å². The van der Waals surface area contributed by atoms with Crippen LogP contribution < -0.4 is 11.1 Å². The Morgan fingerprint density at radius 1 is 1.38 bits per heavy atom. The second-order valence-electron chi connectivity index (χ2n) is 5.57. The van der Waals surface area contributed by atoms with E-state index in [2.05, 4.69) is 5.32 Å². The van der Waals surface area contributed by atoms with Crippen molar-refractivity contribution < 1.29 is 24.5 Å². The molecule has 0 radical (unpaired) electrons. The van der Waals surface area contributed by atoms with Crippen LogP contribution in [0.2, 0.25) is 0 Å². The van der Waals surface area contributed by atoms with E-state index < -0.39 is 23.7 Å². The summed E-state index contributed by atoms with van der Waals surface area (Å²) in [6.07, 6.45) is -1.08. The zero-order valence-electron chi connectivity index (χ0n) is 12.2. The van der Waals surface area contributed by atoms with E-state index in [1.54, 1.807) is 26.8 Å². The lowest BCUT2D eigenvalue weighted by molar-refractivity contribution is -0.137. The van der Waals surface area contributed by atoms with Gasteiger partial charge in [-0.15, -0.1) is 0 Å². The third-order valence-corrected chi connectivity index (χ3v) is 2.49. The number of phenolic OH excluding ortho intramolecular Hbond substituents is 1. The molecule has 7 nitrogen and oxygen atoms in total. The summed E-state index contributed by atoms with van der Waals surface area (Å²) in [6.45, 7) is 5.11. The van der Waals surface area contributed by atoms with Crippen LogP contribution in [0.1, 0.15) is 38.8 Å². The number of amides is 1. The van der Waals surface area contributed by atoms with E-state index in [1.807, 2.05) is 0 Å². The Kier molecular flexibility index (Phi) is 5.15. The minimum atomic E-state index is -1.07. The largest absolute Gasteiger partial charge is 0.506 e. The molecule has 0 saturated heterocycles. The van der Waals surface area contributed by atoms with Crippen LogP contribution in [0, 0.1) is 0 Å². The molecular weight excluding hydrogens is 276 g/mol. The predicted molar refractivity (Wildman–Crippen MR) is 77.1 cm³/mol. The maximum absolute atomic E-state index is 11.8. The molecule has 7 heteroatoms. The molecule has 1 atom stereocenters. The van der Waals surface area contributed by atoms with Crippen LogP contribution in [-0.2, 0) is 9.53 Å². The lowest BCUT2D eigenvalue weighted by Crippen LogP contribution is -2.28. The molecule has 1 unspecified atom stereocenters. The highest BCUT2D eigenvalue weighted by atomic mass is 16.6. The van der Waals surface area contributed by atoms with E-state index in [0.29, 0.717) is 5.56 Å². The standard InChI is InChI=1S/C14H20N2O5/c1-14(2,3)21-13(20)16-12-8(5-4-6-10(12)17)9(15)7-11(18)19/h4-6,9,17H,7,15H2,1-3H3,(H,16,20)(H,18,19). The molecule has 1 aromatic rings. The first-order chi connectivity index (χ1) is 9.60. The van der Waals surface area contributed by atoms with Gasteiger partial charge in [0.05, 0.1) is 12.1 Å². The fourth-order valence-electron chi connectivity index (χ4n) is 1.71. The molecule has 0 aliphatic rings. The number of benzene rings is 1. The molecule has 1 amide bonds. The number of carboxylic acids is 1. The molecule has 0 aliphatic carbocycles. The highest BCUT2D eigenvalue weighted by Crippen LogP contribution is 2.32. The quantitative estimate of drug-likeness (QED) is 0.632. The Labute approximate surface area is 122 Å². The fourth-order valence-corrected chi connectivity index (χ4v) is 1.71. The fraction of sp³-hybridized carbons (Fsp3) is 0.429. The number of hydrogen-bond donors (Lipinski definition) is 4. The number of ether oxygens (including phenoxy) is 1.